The van der Waals surface area contributed by atoms with Crippen molar-refractivity contribution in [1.82, 2.24) is 14.8 Å². The molecule has 2 rings (SSSR count). The largest absolute Gasteiger partial charge is 0.461 e. The molecule has 0 aromatic carbocycles. The highest BCUT2D eigenvalue weighted by atomic mass is 127. The molecule has 6 heteroatoms. The molecule has 0 bridgehead atoms. The van der Waals surface area contributed by atoms with E-state index in [-0.39, 0.29) is 5.97 Å². The summed E-state index contributed by atoms with van der Waals surface area (Å²) >= 11 is 2.13. The molecule has 0 spiro atoms. The van der Waals surface area contributed by atoms with Gasteiger partial charge in [0.2, 0.25) is 0 Å². The van der Waals surface area contributed by atoms with Gasteiger partial charge in [0, 0.05) is 7.05 Å². The van der Waals surface area contributed by atoms with Crippen molar-refractivity contribution < 1.29 is 9.53 Å². The molecule has 2 aromatic rings. The summed E-state index contributed by atoms with van der Waals surface area (Å²) in [6.45, 7) is 6.38. The number of carbonyl (C=O) groups is 1. The number of aromatic amines is 1. The van der Waals surface area contributed by atoms with Gasteiger partial charge >= 0.3 is 5.97 Å². The van der Waals surface area contributed by atoms with Gasteiger partial charge in [-0.2, -0.15) is 5.10 Å². The first-order valence-electron chi connectivity index (χ1n) is 5.88. The van der Waals surface area contributed by atoms with Gasteiger partial charge < -0.3 is 9.72 Å². The van der Waals surface area contributed by atoms with Crippen molar-refractivity contribution >= 4 is 39.6 Å². The molecule has 1 N–H and O–H groups in total. The van der Waals surface area contributed by atoms with Crippen molar-refractivity contribution in [3.05, 3.63) is 15.0 Å². The van der Waals surface area contributed by atoms with Crippen molar-refractivity contribution in [2.75, 3.05) is 6.61 Å². The number of halogens is 1. The van der Waals surface area contributed by atoms with Crippen LogP contribution in [0, 0.1) is 3.57 Å². The first-order valence-corrected chi connectivity index (χ1v) is 6.96. The third-order valence-electron chi connectivity index (χ3n) is 2.80. The Morgan fingerprint density at radius 1 is 1.56 bits per heavy atom. The number of hydrogen-bond acceptors (Lipinski definition) is 3. The van der Waals surface area contributed by atoms with Crippen LogP contribution in [0.4, 0.5) is 0 Å². The van der Waals surface area contributed by atoms with E-state index in [0.717, 1.165) is 20.3 Å². The number of H-pyrrole nitrogens is 1. The van der Waals surface area contributed by atoms with Gasteiger partial charge in [-0.3, -0.25) is 4.68 Å². The van der Waals surface area contributed by atoms with E-state index < -0.39 is 0 Å². The lowest BCUT2D eigenvalue weighted by atomic mass is 10.1. The van der Waals surface area contributed by atoms with Crippen LogP contribution in [-0.4, -0.2) is 27.3 Å². The molecular weight excluding hydrogens is 345 g/mol. The van der Waals surface area contributed by atoms with E-state index in [4.69, 9.17) is 4.74 Å². The molecule has 0 atom stereocenters. The number of aromatic nitrogens is 3. The second-order valence-electron chi connectivity index (χ2n) is 4.42. The second-order valence-corrected chi connectivity index (χ2v) is 5.50. The molecule has 18 heavy (non-hydrogen) atoms. The smallest absolute Gasteiger partial charge is 0.355 e. The Bertz CT molecular complexity index is 598. The SMILES string of the molecule is CCOC(=O)c1[nH]c2c(C(C)C)n(C)nc2c1I. The molecular formula is C12H16IN3O2. The molecule has 98 valence electrons. The summed E-state index contributed by atoms with van der Waals surface area (Å²) in [6, 6.07) is 0. The number of nitrogens with zero attached hydrogens (tertiary/aromatic N) is 2. The van der Waals surface area contributed by atoms with E-state index >= 15 is 0 Å². The van der Waals surface area contributed by atoms with Crippen LogP contribution in [0.3, 0.4) is 0 Å². The minimum absolute atomic E-state index is 0.322. The Morgan fingerprint density at radius 3 is 2.78 bits per heavy atom. The Morgan fingerprint density at radius 2 is 2.22 bits per heavy atom. The summed E-state index contributed by atoms with van der Waals surface area (Å²) < 4.78 is 7.72. The van der Waals surface area contributed by atoms with E-state index in [2.05, 4.69) is 46.5 Å². The van der Waals surface area contributed by atoms with E-state index in [1.165, 1.54) is 0 Å². The lowest BCUT2D eigenvalue weighted by Crippen LogP contribution is -2.07. The quantitative estimate of drug-likeness (QED) is 0.676. The van der Waals surface area contributed by atoms with Crippen LogP contribution >= 0.6 is 22.6 Å². The van der Waals surface area contributed by atoms with Gasteiger partial charge in [0.1, 0.15) is 11.2 Å². The molecule has 5 nitrogen and oxygen atoms in total. The first-order chi connectivity index (χ1) is 8.47. The van der Waals surface area contributed by atoms with Crippen LogP contribution < -0.4 is 0 Å². The number of ether oxygens (including phenoxy) is 1. The lowest BCUT2D eigenvalue weighted by molar-refractivity contribution is 0.0519. The standard InChI is InChI=1S/C12H16IN3O2/c1-5-18-12(17)9-7(13)8-10(14-9)11(6(2)3)16(4)15-8/h6,14H,5H2,1-4H3. The minimum atomic E-state index is -0.322. The molecule has 0 aliphatic rings. The average molecular weight is 361 g/mol. The summed E-state index contributed by atoms with van der Waals surface area (Å²) in [6.07, 6.45) is 0. The highest BCUT2D eigenvalue weighted by Crippen LogP contribution is 2.29. The third kappa shape index (κ3) is 2.02. The summed E-state index contributed by atoms with van der Waals surface area (Å²) in [5, 5.41) is 4.47. The predicted molar refractivity (Wildman–Crippen MR) is 77.8 cm³/mol. The zero-order chi connectivity index (χ0) is 13.4. The van der Waals surface area contributed by atoms with Crippen molar-refractivity contribution in [2.45, 2.75) is 26.7 Å². The molecule has 0 saturated heterocycles. The molecule has 2 aromatic heterocycles. The maximum atomic E-state index is 11.8. The highest BCUT2D eigenvalue weighted by molar-refractivity contribution is 14.1. The first kappa shape index (κ1) is 13.4. The molecule has 0 radical (unpaired) electrons. The Hall–Kier alpha value is -1.05. The summed E-state index contributed by atoms with van der Waals surface area (Å²) in [5.74, 6) is 0.0155. The molecule has 0 fully saturated rings. The molecule has 0 saturated carbocycles. The van der Waals surface area contributed by atoms with Gasteiger partial charge in [-0.1, -0.05) is 13.8 Å². The third-order valence-corrected chi connectivity index (χ3v) is 3.85. The van der Waals surface area contributed by atoms with Gasteiger partial charge in [0.15, 0.2) is 0 Å². The van der Waals surface area contributed by atoms with Crippen LogP contribution in [0.15, 0.2) is 0 Å². The van der Waals surface area contributed by atoms with Gasteiger partial charge in [-0.15, -0.1) is 0 Å². The summed E-state index contributed by atoms with van der Waals surface area (Å²) in [7, 11) is 1.92. The van der Waals surface area contributed by atoms with Gasteiger partial charge in [-0.25, -0.2) is 4.79 Å². The van der Waals surface area contributed by atoms with Crippen LogP contribution in [-0.2, 0) is 11.8 Å². The van der Waals surface area contributed by atoms with Crippen molar-refractivity contribution in [2.24, 2.45) is 7.05 Å². The van der Waals surface area contributed by atoms with Crippen LogP contribution in [0.2, 0.25) is 0 Å². The van der Waals surface area contributed by atoms with Crippen LogP contribution in [0.25, 0.3) is 11.0 Å². The van der Waals surface area contributed by atoms with Crippen molar-refractivity contribution in [3.8, 4) is 0 Å². The number of carbonyl (C=O) groups excluding carboxylic acids is 1. The number of rotatable bonds is 3. The van der Waals surface area contributed by atoms with Gasteiger partial charge in [0.05, 0.1) is 21.4 Å². The zero-order valence-electron chi connectivity index (χ0n) is 10.9. The fourth-order valence-corrected chi connectivity index (χ4v) is 2.85. The number of esters is 1. The Balaban J connectivity index is 2.60. The van der Waals surface area contributed by atoms with Crippen LogP contribution in [0.1, 0.15) is 42.9 Å². The van der Waals surface area contributed by atoms with E-state index in [1.807, 2.05) is 11.7 Å². The fourth-order valence-electron chi connectivity index (χ4n) is 2.12. The van der Waals surface area contributed by atoms with Crippen molar-refractivity contribution in [1.29, 1.82) is 0 Å². The van der Waals surface area contributed by atoms with Gasteiger partial charge in [0.25, 0.3) is 0 Å². The molecule has 0 aliphatic heterocycles. The van der Waals surface area contributed by atoms with Crippen molar-refractivity contribution in [3.63, 3.8) is 0 Å². The highest BCUT2D eigenvalue weighted by Gasteiger charge is 2.23. The molecule has 0 amide bonds. The fraction of sp³-hybridized carbons (Fsp3) is 0.500. The monoisotopic (exact) mass is 361 g/mol. The molecule has 0 aliphatic carbocycles. The van der Waals surface area contributed by atoms with E-state index in [9.17, 15) is 4.79 Å². The predicted octanol–water partition coefficient (Wildman–Crippen LogP) is 2.81. The average Bonchev–Trinajstić information content (AvgIpc) is 2.75. The number of fused-ring (bicyclic) bond motifs is 1. The topological polar surface area (TPSA) is 59.9 Å². The Kier molecular flexibility index (Phi) is 3.65. The van der Waals surface area contributed by atoms with Gasteiger partial charge in [-0.05, 0) is 35.4 Å². The minimum Gasteiger partial charge on any atom is -0.461 e. The number of hydrogen-bond donors (Lipinski definition) is 1. The number of nitrogens with one attached hydrogen (secondary N) is 1. The molecule has 2 heterocycles. The number of aryl methyl sites for hydroxylation is 1. The maximum Gasteiger partial charge on any atom is 0.355 e. The second kappa shape index (κ2) is 4.91. The Labute approximate surface area is 119 Å². The van der Waals surface area contributed by atoms with E-state index in [0.29, 0.717) is 18.2 Å². The van der Waals surface area contributed by atoms with E-state index in [1.54, 1.807) is 6.92 Å². The van der Waals surface area contributed by atoms with Crippen LogP contribution in [0.5, 0.6) is 0 Å². The maximum absolute atomic E-state index is 11.8. The molecule has 0 unspecified atom stereocenters. The zero-order valence-corrected chi connectivity index (χ0v) is 13.0. The lowest BCUT2D eigenvalue weighted by Gasteiger charge is -2.05. The normalized spacial score (nSPS) is 11.4. The summed E-state index contributed by atoms with van der Waals surface area (Å²) in [4.78, 5) is 15.0. The summed E-state index contributed by atoms with van der Waals surface area (Å²) in [5.41, 5.74) is 3.36.